The summed E-state index contributed by atoms with van der Waals surface area (Å²) in [6.07, 6.45) is 0.778. The molecule has 0 saturated carbocycles. The quantitative estimate of drug-likeness (QED) is 0.460. The first-order valence-electron chi connectivity index (χ1n) is 10.1. The van der Waals surface area contributed by atoms with E-state index in [1.54, 1.807) is 38.2 Å². The highest BCUT2D eigenvalue weighted by molar-refractivity contribution is 5.94. The smallest absolute Gasteiger partial charge is 0.253 e. The van der Waals surface area contributed by atoms with Crippen LogP contribution in [0.2, 0.25) is 0 Å². The monoisotopic (exact) mass is 409 g/mol. The molecule has 2 rings (SSSR count). The standard InChI is InChI=1S/C23H31N5O2/c1-5-25-23(27-16-18-9-11-19(12-10-18)21(29)24-2)26-14-13-17-7-6-8-20(15-17)22(30)28(3)4/h6-12,15H,5,13-14,16H2,1-4H3,(H,24,29)(H2,25,26,27). The molecule has 0 heterocycles. The number of guanidine groups is 1. The van der Waals surface area contributed by atoms with Gasteiger partial charge in [-0.15, -0.1) is 0 Å². The number of hydrogen-bond donors (Lipinski definition) is 3. The van der Waals surface area contributed by atoms with Crippen molar-refractivity contribution in [2.75, 3.05) is 34.2 Å². The Labute approximate surface area is 178 Å². The number of carbonyl (C=O) groups is 2. The van der Waals surface area contributed by atoms with Crippen molar-refractivity contribution < 1.29 is 9.59 Å². The van der Waals surface area contributed by atoms with E-state index in [-0.39, 0.29) is 11.8 Å². The molecular formula is C23H31N5O2. The molecule has 2 aromatic rings. The zero-order chi connectivity index (χ0) is 21.9. The molecule has 0 aliphatic carbocycles. The zero-order valence-electron chi connectivity index (χ0n) is 18.2. The molecule has 0 fully saturated rings. The minimum Gasteiger partial charge on any atom is -0.357 e. The van der Waals surface area contributed by atoms with Gasteiger partial charge in [0.25, 0.3) is 11.8 Å². The number of rotatable bonds is 8. The maximum absolute atomic E-state index is 12.1. The molecule has 7 nitrogen and oxygen atoms in total. The molecule has 0 aliphatic heterocycles. The van der Waals surface area contributed by atoms with Crippen LogP contribution in [0.3, 0.4) is 0 Å². The normalized spacial score (nSPS) is 11.0. The predicted molar refractivity (Wildman–Crippen MR) is 121 cm³/mol. The van der Waals surface area contributed by atoms with Crippen molar-refractivity contribution in [3.63, 3.8) is 0 Å². The predicted octanol–water partition coefficient (Wildman–Crippen LogP) is 2.05. The number of nitrogens with zero attached hydrogens (tertiary/aromatic N) is 2. The van der Waals surface area contributed by atoms with Crippen molar-refractivity contribution in [2.24, 2.45) is 4.99 Å². The molecule has 0 aromatic heterocycles. The molecule has 0 bridgehead atoms. The van der Waals surface area contributed by atoms with E-state index in [9.17, 15) is 9.59 Å². The van der Waals surface area contributed by atoms with Crippen LogP contribution in [0.4, 0.5) is 0 Å². The highest BCUT2D eigenvalue weighted by atomic mass is 16.2. The summed E-state index contributed by atoms with van der Waals surface area (Å²) in [5.74, 6) is 0.631. The molecule has 0 aliphatic rings. The van der Waals surface area contributed by atoms with Gasteiger partial charge in [0, 0.05) is 45.4 Å². The summed E-state index contributed by atoms with van der Waals surface area (Å²) in [6, 6.07) is 15.1. The number of benzene rings is 2. The van der Waals surface area contributed by atoms with Gasteiger partial charge in [-0.25, -0.2) is 4.99 Å². The highest BCUT2D eigenvalue weighted by Gasteiger charge is 2.08. The first-order chi connectivity index (χ1) is 14.4. The minimum atomic E-state index is -0.101. The first kappa shape index (κ1) is 22.9. The topological polar surface area (TPSA) is 85.8 Å². The van der Waals surface area contributed by atoms with Gasteiger partial charge < -0.3 is 20.9 Å². The van der Waals surface area contributed by atoms with Crippen molar-refractivity contribution in [3.05, 3.63) is 70.8 Å². The molecule has 0 radical (unpaired) electrons. The van der Waals surface area contributed by atoms with Crippen LogP contribution in [-0.4, -0.2) is 56.9 Å². The molecule has 0 atom stereocenters. The zero-order valence-corrected chi connectivity index (χ0v) is 18.2. The lowest BCUT2D eigenvalue weighted by molar-refractivity contribution is 0.0827. The SMILES string of the molecule is CCNC(=NCc1ccc(C(=O)NC)cc1)NCCc1cccc(C(=O)N(C)C)c1. The van der Waals surface area contributed by atoms with Crippen LogP contribution >= 0.6 is 0 Å². The van der Waals surface area contributed by atoms with Gasteiger partial charge in [0.15, 0.2) is 5.96 Å². The molecule has 30 heavy (non-hydrogen) atoms. The van der Waals surface area contributed by atoms with Crippen molar-refractivity contribution in [1.29, 1.82) is 0 Å². The van der Waals surface area contributed by atoms with Gasteiger partial charge in [0.1, 0.15) is 0 Å². The Kier molecular flexibility index (Phi) is 8.87. The molecule has 0 unspecified atom stereocenters. The van der Waals surface area contributed by atoms with E-state index < -0.39 is 0 Å². The number of nitrogens with one attached hydrogen (secondary N) is 3. The molecule has 2 amide bonds. The average Bonchev–Trinajstić information content (AvgIpc) is 2.76. The van der Waals surface area contributed by atoms with E-state index >= 15 is 0 Å². The lowest BCUT2D eigenvalue weighted by Crippen LogP contribution is -2.38. The fraction of sp³-hybridized carbons (Fsp3) is 0.348. The molecule has 0 spiro atoms. The number of aliphatic imine (C=N–C) groups is 1. The van der Waals surface area contributed by atoms with E-state index in [1.165, 1.54) is 0 Å². The fourth-order valence-corrected chi connectivity index (χ4v) is 2.86. The third-order valence-corrected chi connectivity index (χ3v) is 4.49. The van der Waals surface area contributed by atoms with E-state index in [1.807, 2.05) is 43.3 Å². The first-order valence-corrected chi connectivity index (χ1v) is 10.1. The molecule has 0 saturated heterocycles. The van der Waals surface area contributed by atoms with Crippen LogP contribution in [0.5, 0.6) is 0 Å². The van der Waals surface area contributed by atoms with Gasteiger partial charge in [0.2, 0.25) is 0 Å². The Balaban J connectivity index is 1.93. The van der Waals surface area contributed by atoms with Gasteiger partial charge >= 0.3 is 0 Å². The summed E-state index contributed by atoms with van der Waals surface area (Å²) in [5, 5.41) is 9.18. The maximum Gasteiger partial charge on any atom is 0.253 e. The van der Waals surface area contributed by atoms with Crippen LogP contribution in [0.1, 0.15) is 38.8 Å². The van der Waals surface area contributed by atoms with Crippen LogP contribution < -0.4 is 16.0 Å². The Hall–Kier alpha value is -3.35. The second-order valence-electron chi connectivity index (χ2n) is 7.05. The summed E-state index contributed by atoms with van der Waals surface area (Å²) in [6.45, 7) is 3.98. The van der Waals surface area contributed by atoms with Crippen molar-refractivity contribution in [2.45, 2.75) is 19.9 Å². The molecular weight excluding hydrogens is 378 g/mol. The Bertz CT molecular complexity index is 875. The average molecular weight is 410 g/mol. The van der Waals surface area contributed by atoms with Crippen molar-refractivity contribution >= 4 is 17.8 Å². The lowest BCUT2D eigenvalue weighted by Gasteiger charge is -2.13. The van der Waals surface area contributed by atoms with Crippen LogP contribution in [0.15, 0.2) is 53.5 Å². The summed E-state index contributed by atoms with van der Waals surface area (Å²) in [7, 11) is 5.12. The van der Waals surface area contributed by atoms with Crippen molar-refractivity contribution in [1.82, 2.24) is 20.9 Å². The Morgan fingerprint density at radius 2 is 1.70 bits per heavy atom. The number of amides is 2. The van der Waals surface area contributed by atoms with Crippen molar-refractivity contribution in [3.8, 4) is 0 Å². The maximum atomic E-state index is 12.1. The third-order valence-electron chi connectivity index (χ3n) is 4.49. The van der Waals surface area contributed by atoms with Gasteiger partial charge in [0.05, 0.1) is 6.54 Å². The molecule has 2 aromatic carbocycles. The lowest BCUT2D eigenvalue weighted by atomic mass is 10.1. The summed E-state index contributed by atoms with van der Waals surface area (Å²) in [4.78, 5) is 29.9. The van der Waals surface area contributed by atoms with Crippen LogP contribution in [0, 0.1) is 0 Å². The van der Waals surface area contributed by atoms with Gasteiger partial charge in [-0.2, -0.15) is 0 Å². The second kappa shape index (κ2) is 11.6. The molecule has 160 valence electrons. The highest BCUT2D eigenvalue weighted by Crippen LogP contribution is 2.08. The van der Waals surface area contributed by atoms with Crippen LogP contribution in [-0.2, 0) is 13.0 Å². The van der Waals surface area contributed by atoms with E-state index in [0.29, 0.717) is 24.2 Å². The van der Waals surface area contributed by atoms with Gasteiger partial charge in [-0.3, -0.25) is 9.59 Å². The van der Waals surface area contributed by atoms with Gasteiger partial charge in [-0.1, -0.05) is 24.3 Å². The fourth-order valence-electron chi connectivity index (χ4n) is 2.86. The largest absolute Gasteiger partial charge is 0.357 e. The van der Waals surface area contributed by atoms with E-state index in [2.05, 4.69) is 20.9 Å². The second-order valence-corrected chi connectivity index (χ2v) is 7.05. The van der Waals surface area contributed by atoms with E-state index in [4.69, 9.17) is 0 Å². The number of hydrogen-bond acceptors (Lipinski definition) is 3. The minimum absolute atomic E-state index is 0.00199. The summed E-state index contributed by atoms with van der Waals surface area (Å²) >= 11 is 0. The van der Waals surface area contributed by atoms with Crippen LogP contribution in [0.25, 0.3) is 0 Å². The van der Waals surface area contributed by atoms with E-state index in [0.717, 1.165) is 30.1 Å². The molecule has 3 N–H and O–H groups in total. The Morgan fingerprint density at radius 1 is 0.967 bits per heavy atom. The third kappa shape index (κ3) is 6.92. The van der Waals surface area contributed by atoms with Gasteiger partial charge in [-0.05, 0) is 48.7 Å². The Morgan fingerprint density at radius 3 is 2.33 bits per heavy atom. The summed E-state index contributed by atoms with van der Waals surface area (Å²) in [5.41, 5.74) is 3.44. The summed E-state index contributed by atoms with van der Waals surface area (Å²) < 4.78 is 0. The number of carbonyl (C=O) groups excluding carboxylic acids is 2. The molecule has 7 heteroatoms.